The molecule has 0 unspecified atom stereocenters. The summed E-state index contributed by atoms with van der Waals surface area (Å²) in [6.45, 7) is 0. The first-order chi connectivity index (χ1) is 6.15. The lowest BCUT2D eigenvalue weighted by atomic mass is 10.2. The van der Waals surface area contributed by atoms with Crippen LogP contribution in [-0.4, -0.2) is 30.3 Å². The van der Waals surface area contributed by atoms with Crippen LogP contribution in [0.4, 0.5) is 0 Å². The Morgan fingerprint density at radius 3 is 2.77 bits per heavy atom. The molecule has 1 amide bonds. The molecule has 0 fully saturated rings. The highest BCUT2D eigenvalue weighted by Gasteiger charge is 2.09. The van der Waals surface area contributed by atoms with E-state index in [-0.39, 0.29) is 0 Å². The van der Waals surface area contributed by atoms with Gasteiger partial charge in [-0.15, -0.1) is 0 Å². The van der Waals surface area contributed by atoms with Crippen LogP contribution in [0.2, 0.25) is 0 Å². The summed E-state index contributed by atoms with van der Waals surface area (Å²) in [5.41, 5.74) is 0.393. The zero-order valence-electron chi connectivity index (χ0n) is 7.52. The van der Waals surface area contributed by atoms with Gasteiger partial charge in [-0.05, 0) is 18.2 Å². The van der Waals surface area contributed by atoms with Gasteiger partial charge >= 0.3 is 0 Å². The van der Waals surface area contributed by atoms with Crippen molar-refractivity contribution in [3.63, 3.8) is 0 Å². The Balaban J connectivity index is 2.95. The first-order valence-electron chi connectivity index (χ1n) is 3.76. The highest BCUT2D eigenvalue weighted by Crippen LogP contribution is 2.13. The highest BCUT2D eigenvalue weighted by atomic mass is 16.5. The standard InChI is InChI=1S/C9H11NO3/c1-10(12)9(11)7-4-3-5-8(6-7)13-2/h3-6,12H,1-2H3. The van der Waals surface area contributed by atoms with Crippen molar-refractivity contribution in [2.75, 3.05) is 14.2 Å². The van der Waals surface area contributed by atoms with Gasteiger partial charge in [0.1, 0.15) is 5.75 Å². The molecule has 0 aliphatic heterocycles. The minimum absolute atomic E-state index is 0.393. The molecule has 0 aliphatic rings. The fourth-order valence-corrected chi connectivity index (χ4v) is 0.943. The molecular weight excluding hydrogens is 170 g/mol. The van der Waals surface area contributed by atoms with Gasteiger partial charge in [-0.1, -0.05) is 6.07 Å². The van der Waals surface area contributed by atoms with Crippen LogP contribution in [0.5, 0.6) is 5.75 Å². The maximum Gasteiger partial charge on any atom is 0.277 e. The average Bonchev–Trinajstić information content (AvgIpc) is 2.16. The maximum absolute atomic E-state index is 11.2. The number of hydrogen-bond donors (Lipinski definition) is 1. The second-order valence-corrected chi connectivity index (χ2v) is 2.56. The fourth-order valence-electron chi connectivity index (χ4n) is 0.943. The number of benzene rings is 1. The number of nitrogens with zero attached hydrogens (tertiary/aromatic N) is 1. The molecule has 13 heavy (non-hydrogen) atoms. The van der Waals surface area contributed by atoms with Crippen molar-refractivity contribution in [3.8, 4) is 5.75 Å². The molecule has 0 saturated carbocycles. The number of carbonyl (C=O) groups excluding carboxylic acids is 1. The van der Waals surface area contributed by atoms with Crippen LogP contribution in [0.25, 0.3) is 0 Å². The van der Waals surface area contributed by atoms with Gasteiger partial charge in [0, 0.05) is 12.6 Å². The molecule has 0 bridgehead atoms. The predicted octanol–water partition coefficient (Wildman–Crippen LogP) is 1.16. The highest BCUT2D eigenvalue weighted by molar-refractivity contribution is 5.93. The van der Waals surface area contributed by atoms with Crippen LogP contribution in [0, 0.1) is 0 Å². The van der Waals surface area contributed by atoms with E-state index in [1.54, 1.807) is 24.3 Å². The van der Waals surface area contributed by atoms with Gasteiger partial charge in [0.15, 0.2) is 0 Å². The summed E-state index contributed by atoms with van der Waals surface area (Å²) in [5, 5.41) is 9.42. The molecule has 1 N–H and O–H groups in total. The molecule has 0 aliphatic carbocycles. The number of methoxy groups -OCH3 is 1. The molecule has 1 aromatic rings. The van der Waals surface area contributed by atoms with Crippen molar-refractivity contribution >= 4 is 5.91 Å². The van der Waals surface area contributed by atoms with E-state index in [9.17, 15) is 4.79 Å². The van der Waals surface area contributed by atoms with Crippen LogP contribution >= 0.6 is 0 Å². The number of rotatable bonds is 2. The Bertz CT molecular complexity index is 309. The molecular formula is C9H11NO3. The summed E-state index contributed by atoms with van der Waals surface area (Å²) >= 11 is 0. The van der Waals surface area contributed by atoms with Crippen molar-refractivity contribution in [2.45, 2.75) is 0 Å². The maximum atomic E-state index is 11.2. The average molecular weight is 181 g/mol. The second-order valence-electron chi connectivity index (χ2n) is 2.56. The lowest BCUT2D eigenvalue weighted by Gasteiger charge is -2.08. The molecule has 0 aromatic heterocycles. The Morgan fingerprint density at radius 2 is 2.23 bits per heavy atom. The lowest BCUT2D eigenvalue weighted by molar-refractivity contribution is -0.0375. The number of ether oxygens (including phenoxy) is 1. The quantitative estimate of drug-likeness (QED) is 0.550. The Morgan fingerprint density at radius 1 is 1.54 bits per heavy atom. The Hall–Kier alpha value is -1.55. The number of carbonyl (C=O) groups is 1. The molecule has 0 saturated heterocycles. The van der Waals surface area contributed by atoms with Crippen molar-refractivity contribution in [1.82, 2.24) is 5.06 Å². The van der Waals surface area contributed by atoms with Gasteiger partial charge in [0.2, 0.25) is 0 Å². The summed E-state index contributed by atoms with van der Waals surface area (Å²) in [4.78, 5) is 11.2. The van der Waals surface area contributed by atoms with Gasteiger partial charge in [-0.2, -0.15) is 0 Å². The smallest absolute Gasteiger partial charge is 0.277 e. The molecule has 0 spiro atoms. The third-order valence-corrected chi connectivity index (χ3v) is 1.61. The van der Waals surface area contributed by atoms with E-state index in [1.165, 1.54) is 14.2 Å². The Labute approximate surface area is 76.3 Å². The summed E-state index contributed by atoms with van der Waals surface area (Å²) in [5.74, 6) is 0.131. The van der Waals surface area contributed by atoms with E-state index in [4.69, 9.17) is 9.94 Å². The summed E-state index contributed by atoms with van der Waals surface area (Å²) in [6.07, 6.45) is 0. The first-order valence-corrected chi connectivity index (χ1v) is 3.76. The molecule has 4 nitrogen and oxygen atoms in total. The molecule has 70 valence electrons. The van der Waals surface area contributed by atoms with Gasteiger partial charge in [0.25, 0.3) is 5.91 Å². The largest absolute Gasteiger partial charge is 0.497 e. The third-order valence-electron chi connectivity index (χ3n) is 1.61. The fraction of sp³-hybridized carbons (Fsp3) is 0.222. The van der Waals surface area contributed by atoms with Crippen molar-refractivity contribution in [3.05, 3.63) is 29.8 Å². The summed E-state index contributed by atoms with van der Waals surface area (Å²) < 4.78 is 4.93. The van der Waals surface area contributed by atoms with Gasteiger partial charge in [-0.3, -0.25) is 10.0 Å². The third kappa shape index (κ3) is 2.19. The zero-order chi connectivity index (χ0) is 9.84. The SMILES string of the molecule is COc1cccc(C(=O)N(C)O)c1. The molecule has 1 rings (SSSR count). The van der Waals surface area contributed by atoms with Crippen LogP contribution in [-0.2, 0) is 0 Å². The predicted molar refractivity (Wildman–Crippen MR) is 46.9 cm³/mol. The van der Waals surface area contributed by atoms with Gasteiger partial charge < -0.3 is 4.74 Å². The monoisotopic (exact) mass is 181 g/mol. The summed E-state index contributed by atoms with van der Waals surface area (Å²) in [6, 6.07) is 6.59. The topological polar surface area (TPSA) is 49.8 Å². The second kappa shape index (κ2) is 3.91. The summed E-state index contributed by atoms with van der Waals surface area (Å²) in [7, 11) is 2.80. The molecule has 0 radical (unpaired) electrons. The lowest BCUT2D eigenvalue weighted by Crippen LogP contribution is -2.22. The molecule has 4 heteroatoms. The molecule has 0 atom stereocenters. The number of hydrogen-bond acceptors (Lipinski definition) is 3. The van der Waals surface area contributed by atoms with E-state index in [0.29, 0.717) is 16.4 Å². The van der Waals surface area contributed by atoms with Crippen LogP contribution in [0.1, 0.15) is 10.4 Å². The van der Waals surface area contributed by atoms with Crippen LogP contribution in [0.15, 0.2) is 24.3 Å². The zero-order valence-corrected chi connectivity index (χ0v) is 7.52. The van der Waals surface area contributed by atoms with Crippen molar-refractivity contribution in [1.29, 1.82) is 0 Å². The number of hydroxylamine groups is 2. The number of amides is 1. The van der Waals surface area contributed by atoms with Crippen LogP contribution < -0.4 is 4.74 Å². The van der Waals surface area contributed by atoms with Crippen molar-refractivity contribution < 1.29 is 14.7 Å². The van der Waals surface area contributed by atoms with E-state index < -0.39 is 5.91 Å². The van der Waals surface area contributed by atoms with E-state index in [1.807, 2.05) is 0 Å². The van der Waals surface area contributed by atoms with Gasteiger partial charge in [0.05, 0.1) is 7.11 Å². The van der Waals surface area contributed by atoms with E-state index >= 15 is 0 Å². The molecule has 0 heterocycles. The minimum Gasteiger partial charge on any atom is -0.497 e. The van der Waals surface area contributed by atoms with Crippen LogP contribution in [0.3, 0.4) is 0 Å². The normalized spacial score (nSPS) is 9.46. The first kappa shape index (κ1) is 9.54. The van der Waals surface area contributed by atoms with E-state index in [2.05, 4.69) is 0 Å². The Kier molecular flexibility index (Phi) is 2.87. The van der Waals surface area contributed by atoms with E-state index in [0.717, 1.165) is 0 Å². The van der Waals surface area contributed by atoms with Crippen molar-refractivity contribution in [2.24, 2.45) is 0 Å². The van der Waals surface area contributed by atoms with Gasteiger partial charge in [-0.25, -0.2) is 5.06 Å². The minimum atomic E-state index is -0.459. The molecule has 1 aromatic carbocycles.